The third kappa shape index (κ3) is 6.40. The SMILES string of the molecule is [Co+3].[OH+]=c1cccccc1[OH2+].[OH+]=c1cccccc1[OH2+]. The summed E-state index contributed by atoms with van der Waals surface area (Å²) < 4.78 is 0. The van der Waals surface area contributed by atoms with Crippen LogP contribution in [-0.4, -0.2) is 19.8 Å². The average Bonchev–Trinajstić information content (AvgIpc) is 2.65. The maximum absolute atomic E-state index is 8.89. The molecule has 0 amide bonds. The van der Waals surface area contributed by atoms with Gasteiger partial charge in [-0.2, -0.15) is 0 Å². The third-order valence-electron chi connectivity index (χ3n) is 2.03. The van der Waals surface area contributed by atoms with Gasteiger partial charge in [0.05, 0.1) is 12.1 Å². The maximum Gasteiger partial charge on any atom is 3.00 e. The zero-order chi connectivity index (χ0) is 13.4. The van der Waals surface area contributed by atoms with Gasteiger partial charge in [0.2, 0.25) is 0 Å². The summed E-state index contributed by atoms with van der Waals surface area (Å²) in [5.41, 5.74) is 0.0278. The number of rotatable bonds is 0. The van der Waals surface area contributed by atoms with Gasteiger partial charge in [-0.05, 0) is 0 Å². The zero-order valence-electron chi connectivity index (χ0n) is 10.0. The predicted octanol–water partition coefficient (Wildman–Crippen LogP) is 0.256. The molecule has 2 aromatic carbocycles. The molecular formula is C14H16CoO4+7. The summed E-state index contributed by atoms with van der Waals surface area (Å²) in [6, 6.07) is 16.4. The summed E-state index contributed by atoms with van der Waals surface area (Å²) in [6.07, 6.45) is 0. The molecule has 0 fully saturated rings. The number of hydrogen-bond donors (Lipinski definition) is 0. The van der Waals surface area contributed by atoms with Crippen LogP contribution in [0.3, 0.4) is 0 Å². The van der Waals surface area contributed by atoms with Crippen molar-refractivity contribution in [3.05, 3.63) is 71.5 Å². The molecule has 6 N–H and O–H groups in total. The Bertz CT molecular complexity index is 572. The molecule has 0 unspecified atom stereocenters. The molecule has 98 valence electrons. The Labute approximate surface area is 120 Å². The van der Waals surface area contributed by atoms with Crippen LogP contribution in [-0.2, 0) is 16.8 Å². The molecule has 0 aliphatic carbocycles. The molecule has 0 radical (unpaired) electrons. The molecule has 0 aliphatic rings. The summed E-state index contributed by atoms with van der Waals surface area (Å²) in [6.45, 7) is 0. The molecule has 0 saturated heterocycles. The van der Waals surface area contributed by atoms with Crippen LogP contribution in [0.1, 0.15) is 0 Å². The van der Waals surface area contributed by atoms with Crippen LogP contribution in [0.5, 0.6) is 11.5 Å². The summed E-state index contributed by atoms with van der Waals surface area (Å²) in [7, 11) is 0. The first-order valence-electron chi connectivity index (χ1n) is 5.27. The third-order valence-corrected chi connectivity index (χ3v) is 2.03. The average molecular weight is 307 g/mol. The summed E-state index contributed by atoms with van der Waals surface area (Å²) in [5.74, 6) is 0.306. The molecule has 19 heavy (non-hydrogen) atoms. The van der Waals surface area contributed by atoms with Gasteiger partial charge in [-0.1, -0.05) is 36.4 Å². The van der Waals surface area contributed by atoms with E-state index in [1.54, 1.807) is 36.4 Å². The molecule has 0 aliphatic heterocycles. The van der Waals surface area contributed by atoms with E-state index in [0.29, 0.717) is 0 Å². The van der Waals surface area contributed by atoms with Gasteiger partial charge in [0.1, 0.15) is 0 Å². The van der Waals surface area contributed by atoms with Crippen molar-refractivity contribution < 1.29 is 36.6 Å². The first-order chi connectivity index (χ1) is 8.61. The van der Waals surface area contributed by atoms with Crippen LogP contribution < -0.4 is 10.9 Å². The van der Waals surface area contributed by atoms with Crippen molar-refractivity contribution in [3.8, 4) is 11.5 Å². The summed E-state index contributed by atoms with van der Waals surface area (Å²) in [5, 5.41) is 14.2. The normalized spacial score (nSPS) is 8.42. The smallest absolute Gasteiger partial charge is 0.587 e. The topological polar surface area (TPSA) is 88.6 Å². The minimum atomic E-state index is 0. The van der Waals surface area contributed by atoms with E-state index in [4.69, 9.17) is 19.8 Å². The van der Waals surface area contributed by atoms with Crippen LogP contribution in [0, 0.1) is 0 Å². The molecular weight excluding hydrogens is 291 g/mol. The van der Waals surface area contributed by atoms with E-state index >= 15 is 0 Å². The molecule has 0 heterocycles. The largest absolute Gasteiger partial charge is 3.00 e. The van der Waals surface area contributed by atoms with E-state index in [-0.39, 0.29) is 39.1 Å². The molecule has 2 aromatic rings. The Morgan fingerprint density at radius 1 is 0.579 bits per heavy atom. The Hall–Kier alpha value is -2.11. The van der Waals surface area contributed by atoms with Gasteiger partial charge in [0.15, 0.2) is 0 Å². The van der Waals surface area contributed by atoms with Crippen LogP contribution in [0.25, 0.3) is 0 Å². The molecule has 4 nitrogen and oxygen atoms in total. The van der Waals surface area contributed by atoms with Crippen molar-refractivity contribution in [2.45, 2.75) is 0 Å². The van der Waals surface area contributed by atoms with Gasteiger partial charge in [-0.3, -0.25) is 9.59 Å². The second-order valence-corrected chi connectivity index (χ2v) is 3.42. The molecule has 0 aromatic heterocycles. The Balaban J connectivity index is 0.000000324. The second-order valence-electron chi connectivity index (χ2n) is 3.42. The van der Waals surface area contributed by atoms with E-state index in [1.807, 2.05) is 0 Å². The minimum absolute atomic E-state index is 0. The van der Waals surface area contributed by atoms with Crippen molar-refractivity contribution in [1.82, 2.24) is 0 Å². The fourth-order valence-corrected chi connectivity index (χ4v) is 1.08. The molecule has 0 spiro atoms. The predicted molar refractivity (Wildman–Crippen MR) is 69.1 cm³/mol. The zero-order valence-corrected chi connectivity index (χ0v) is 11.0. The Kier molecular flexibility index (Phi) is 7.91. The van der Waals surface area contributed by atoms with E-state index in [0.717, 1.165) is 0 Å². The second kappa shape index (κ2) is 8.90. The number of hydrogen-bond acceptors (Lipinski definition) is 0. The van der Waals surface area contributed by atoms with Crippen molar-refractivity contribution in [2.24, 2.45) is 0 Å². The Morgan fingerprint density at radius 3 is 1.26 bits per heavy atom. The van der Waals surface area contributed by atoms with Crippen LogP contribution in [0.15, 0.2) is 60.7 Å². The van der Waals surface area contributed by atoms with Crippen molar-refractivity contribution in [1.29, 1.82) is 0 Å². The van der Waals surface area contributed by atoms with Gasteiger partial charge in [0, 0.05) is 12.1 Å². The van der Waals surface area contributed by atoms with E-state index < -0.39 is 0 Å². The maximum atomic E-state index is 8.89. The quantitative estimate of drug-likeness (QED) is 0.625. The first kappa shape index (κ1) is 16.9. The molecule has 5 heteroatoms. The fourth-order valence-electron chi connectivity index (χ4n) is 1.08. The molecule has 0 bridgehead atoms. The molecule has 0 saturated carbocycles. The summed E-state index contributed by atoms with van der Waals surface area (Å²) in [4.78, 5) is 17.8. The molecule has 2 rings (SSSR count). The van der Waals surface area contributed by atoms with Crippen molar-refractivity contribution in [2.75, 3.05) is 0 Å². The van der Waals surface area contributed by atoms with Crippen molar-refractivity contribution in [3.63, 3.8) is 0 Å². The van der Waals surface area contributed by atoms with Crippen LogP contribution in [0.4, 0.5) is 0 Å². The van der Waals surface area contributed by atoms with Gasteiger partial charge in [-0.25, -0.2) is 0 Å². The van der Waals surface area contributed by atoms with E-state index in [1.165, 1.54) is 24.3 Å². The van der Waals surface area contributed by atoms with E-state index in [2.05, 4.69) is 0 Å². The van der Waals surface area contributed by atoms with Crippen LogP contribution >= 0.6 is 0 Å². The fraction of sp³-hybridized carbons (Fsp3) is 0. The van der Waals surface area contributed by atoms with Gasteiger partial charge in [0.25, 0.3) is 0 Å². The molecule has 0 atom stereocenters. The minimum Gasteiger partial charge on any atom is -0.587 e. The van der Waals surface area contributed by atoms with Gasteiger partial charge in [-0.15, -0.1) is 0 Å². The van der Waals surface area contributed by atoms with E-state index in [9.17, 15) is 0 Å². The van der Waals surface area contributed by atoms with Crippen LogP contribution in [0.2, 0.25) is 0 Å². The monoisotopic (exact) mass is 307 g/mol. The van der Waals surface area contributed by atoms with Gasteiger partial charge >= 0.3 is 39.1 Å². The van der Waals surface area contributed by atoms with Crippen molar-refractivity contribution >= 4 is 0 Å². The standard InChI is InChI=1S/2C7H6O2.Co/c2*8-6-4-2-1-3-5-7(6)9;/h2*1-5H,(H,8,9);/q;;+3/p+4. The van der Waals surface area contributed by atoms with Gasteiger partial charge < -0.3 is 10.2 Å². The summed E-state index contributed by atoms with van der Waals surface area (Å²) >= 11 is 0. The first-order valence-corrected chi connectivity index (χ1v) is 5.27. The Morgan fingerprint density at radius 2 is 0.895 bits per heavy atom.